The van der Waals surface area contributed by atoms with Crippen molar-refractivity contribution in [2.75, 3.05) is 17.2 Å². The minimum atomic E-state index is -0.0743. The molecular weight excluding hydrogens is 424 g/mol. The molecule has 23 heavy (non-hydrogen) atoms. The van der Waals surface area contributed by atoms with E-state index < -0.39 is 0 Å². The monoisotopic (exact) mass is 440 g/mol. The van der Waals surface area contributed by atoms with Crippen molar-refractivity contribution in [2.45, 2.75) is 20.4 Å². The third-order valence-corrected chi connectivity index (χ3v) is 4.23. The fourth-order valence-corrected chi connectivity index (χ4v) is 3.59. The topological polar surface area (TPSA) is 50.4 Å². The highest BCUT2D eigenvalue weighted by molar-refractivity contribution is 9.11. The Balaban J connectivity index is 2.02. The molecule has 0 aliphatic heterocycles. The van der Waals surface area contributed by atoms with Crippen LogP contribution in [0.25, 0.3) is 0 Å². The maximum atomic E-state index is 11.0. The first-order valence-corrected chi connectivity index (χ1v) is 8.80. The lowest BCUT2D eigenvalue weighted by atomic mass is 10.2. The maximum Gasteiger partial charge on any atom is 0.221 e. The summed E-state index contributed by atoms with van der Waals surface area (Å²) in [5, 5.41) is 6.10. The van der Waals surface area contributed by atoms with Gasteiger partial charge in [-0.25, -0.2) is 0 Å². The molecule has 6 heteroatoms. The van der Waals surface area contributed by atoms with Crippen LogP contribution in [0.2, 0.25) is 0 Å². The molecule has 0 saturated carbocycles. The average Bonchev–Trinajstić information content (AvgIpc) is 2.50. The Morgan fingerprint density at radius 2 is 1.65 bits per heavy atom. The predicted octanol–water partition coefficient (Wildman–Crippen LogP) is 5.18. The van der Waals surface area contributed by atoms with Gasteiger partial charge in [0.2, 0.25) is 5.91 Å². The summed E-state index contributed by atoms with van der Waals surface area (Å²) in [5.41, 5.74) is 2.90. The fourth-order valence-electron chi connectivity index (χ4n) is 2.08. The Morgan fingerprint density at radius 1 is 1.09 bits per heavy atom. The van der Waals surface area contributed by atoms with Gasteiger partial charge in [0.15, 0.2) is 0 Å². The maximum absolute atomic E-state index is 11.0. The van der Waals surface area contributed by atoms with Gasteiger partial charge in [0, 0.05) is 24.8 Å². The Hall–Kier alpha value is -1.53. The molecule has 2 rings (SSSR count). The van der Waals surface area contributed by atoms with E-state index in [1.54, 1.807) is 0 Å². The summed E-state index contributed by atoms with van der Waals surface area (Å²) in [6, 6.07) is 11.7. The van der Waals surface area contributed by atoms with Gasteiger partial charge in [-0.1, -0.05) is 0 Å². The van der Waals surface area contributed by atoms with Gasteiger partial charge in [-0.3, -0.25) is 4.79 Å². The molecule has 2 aromatic rings. The molecule has 0 bridgehead atoms. The number of anilines is 2. The van der Waals surface area contributed by atoms with Crippen molar-refractivity contribution in [3.05, 3.63) is 50.9 Å². The van der Waals surface area contributed by atoms with Crippen molar-refractivity contribution >= 4 is 49.1 Å². The summed E-state index contributed by atoms with van der Waals surface area (Å²) in [4.78, 5) is 11.0. The largest absolute Gasteiger partial charge is 0.492 e. The molecule has 0 atom stereocenters. The Bertz CT molecular complexity index is 664. The Labute approximate surface area is 152 Å². The third kappa shape index (κ3) is 5.25. The van der Waals surface area contributed by atoms with Crippen molar-refractivity contribution in [1.82, 2.24) is 0 Å². The minimum Gasteiger partial charge on any atom is -0.492 e. The molecule has 2 N–H and O–H groups in total. The molecule has 0 spiro atoms. The van der Waals surface area contributed by atoms with Crippen molar-refractivity contribution in [3.63, 3.8) is 0 Å². The summed E-state index contributed by atoms with van der Waals surface area (Å²) in [7, 11) is 0. The zero-order chi connectivity index (χ0) is 16.8. The predicted molar refractivity (Wildman–Crippen MR) is 101 cm³/mol. The van der Waals surface area contributed by atoms with Crippen LogP contribution in [-0.2, 0) is 11.3 Å². The number of carbonyl (C=O) groups is 1. The molecule has 0 saturated heterocycles. The first kappa shape index (κ1) is 17.8. The quantitative estimate of drug-likeness (QED) is 0.649. The summed E-state index contributed by atoms with van der Waals surface area (Å²) in [6.45, 7) is 4.76. The van der Waals surface area contributed by atoms with E-state index in [0.29, 0.717) is 13.2 Å². The van der Waals surface area contributed by atoms with E-state index in [1.807, 2.05) is 43.3 Å². The van der Waals surface area contributed by atoms with E-state index in [0.717, 1.165) is 31.6 Å². The first-order valence-electron chi connectivity index (χ1n) is 7.22. The van der Waals surface area contributed by atoms with Gasteiger partial charge in [-0.2, -0.15) is 0 Å². The lowest BCUT2D eigenvalue weighted by molar-refractivity contribution is -0.114. The summed E-state index contributed by atoms with van der Waals surface area (Å²) in [5.74, 6) is 0.741. The van der Waals surface area contributed by atoms with E-state index in [9.17, 15) is 4.79 Å². The number of hydrogen-bond acceptors (Lipinski definition) is 3. The van der Waals surface area contributed by atoms with Crippen LogP contribution in [0, 0.1) is 0 Å². The number of rotatable bonds is 6. The number of ether oxygens (including phenoxy) is 1. The van der Waals surface area contributed by atoms with E-state index in [1.165, 1.54) is 6.92 Å². The van der Waals surface area contributed by atoms with Crippen LogP contribution < -0.4 is 15.4 Å². The summed E-state index contributed by atoms with van der Waals surface area (Å²) < 4.78 is 7.43. The fraction of sp³-hybridized carbons (Fsp3) is 0.235. The zero-order valence-corrected chi connectivity index (χ0v) is 16.1. The molecule has 0 heterocycles. The molecule has 2 aromatic carbocycles. The molecule has 0 aliphatic carbocycles. The lowest BCUT2D eigenvalue weighted by Gasteiger charge is -2.12. The van der Waals surface area contributed by atoms with Crippen LogP contribution in [0.1, 0.15) is 19.4 Å². The van der Waals surface area contributed by atoms with Gasteiger partial charge >= 0.3 is 0 Å². The summed E-state index contributed by atoms with van der Waals surface area (Å²) >= 11 is 7.07. The molecular formula is C17H18Br2N2O2. The van der Waals surface area contributed by atoms with Crippen molar-refractivity contribution in [2.24, 2.45) is 0 Å². The number of hydrogen-bond donors (Lipinski definition) is 2. The number of carbonyl (C=O) groups excluding carboxylic acids is 1. The second-order valence-electron chi connectivity index (χ2n) is 4.93. The zero-order valence-electron chi connectivity index (χ0n) is 13.0. The van der Waals surface area contributed by atoms with Gasteiger partial charge in [-0.05, 0) is 80.7 Å². The van der Waals surface area contributed by atoms with Crippen molar-refractivity contribution < 1.29 is 9.53 Å². The van der Waals surface area contributed by atoms with E-state index in [-0.39, 0.29) is 5.91 Å². The summed E-state index contributed by atoms with van der Waals surface area (Å²) in [6.07, 6.45) is 0. The van der Waals surface area contributed by atoms with Gasteiger partial charge < -0.3 is 15.4 Å². The Morgan fingerprint density at radius 3 is 2.17 bits per heavy atom. The second kappa shape index (κ2) is 8.36. The second-order valence-corrected chi connectivity index (χ2v) is 6.64. The number of benzene rings is 2. The highest BCUT2D eigenvalue weighted by Crippen LogP contribution is 2.35. The SMILES string of the molecule is CCOc1c(Br)cc(CNc2ccc(NC(C)=O)cc2)cc1Br. The highest BCUT2D eigenvalue weighted by Gasteiger charge is 2.08. The minimum absolute atomic E-state index is 0.0743. The van der Waals surface area contributed by atoms with Crippen LogP contribution in [0.3, 0.4) is 0 Å². The molecule has 0 aromatic heterocycles. The van der Waals surface area contributed by atoms with Gasteiger partial charge in [0.1, 0.15) is 5.75 Å². The molecule has 0 unspecified atom stereocenters. The molecule has 4 nitrogen and oxygen atoms in total. The first-order chi connectivity index (χ1) is 11.0. The van der Waals surface area contributed by atoms with Crippen molar-refractivity contribution in [3.8, 4) is 5.75 Å². The number of amides is 1. The Kier molecular flexibility index (Phi) is 6.47. The molecule has 0 radical (unpaired) electrons. The highest BCUT2D eigenvalue weighted by atomic mass is 79.9. The van der Waals surface area contributed by atoms with Gasteiger partial charge in [0.05, 0.1) is 15.6 Å². The molecule has 122 valence electrons. The molecule has 0 fully saturated rings. The van der Waals surface area contributed by atoms with E-state index in [4.69, 9.17) is 4.74 Å². The smallest absolute Gasteiger partial charge is 0.221 e. The van der Waals surface area contributed by atoms with Gasteiger partial charge in [-0.15, -0.1) is 0 Å². The van der Waals surface area contributed by atoms with Crippen LogP contribution in [0.4, 0.5) is 11.4 Å². The van der Waals surface area contributed by atoms with E-state index in [2.05, 4.69) is 42.5 Å². The van der Waals surface area contributed by atoms with Crippen LogP contribution in [0.5, 0.6) is 5.75 Å². The van der Waals surface area contributed by atoms with Crippen LogP contribution in [0.15, 0.2) is 45.3 Å². The van der Waals surface area contributed by atoms with Gasteiger partial charge in [0.25, 0.3) is 0 Å². The lowest BCUT2D eigenvalue weighted by Crippen LogP contribution is -2.06. The standard InChI is InChI=1S/C17H18Br2N2O2/c1-3-23-17-15(18)8-12(9-16(17)19)10-20-13-4-6-14(7-5-13)21-11(2)22/h4-9,20H,3,10H2,1-2H3,(H,21,22). The number of nitrogens with one attached hydrogen (secondary N) is 2. The third-order valence-electron chi connectivity index (χ3n) is 3.05. The van der Waals surface area contributed by atoms with E-state index >= 15 is 0 Å². The normalized spacial score (nSPS) is 10.3. The molecule has 1 amide bonds. The molecule has 0 aliphatic rings. The van der Waals surface area contributed by atoms with Crippen LogP contribution >= 0.6 is 31.9 Å². The van der Waals surface area contributed by atoms with Crippen molar-refractivity contribution in [1.29, 1.82) is 0 Å². The number of halogens is 2. The van der Waals surface area contributed by atoms with Crippen LogP contribution in [-0.4, -0.2) is 12.5 Å². The average molecular weight is 442 g/mol.